The highest BCUT2D eigenvalue weighted by Gasteiger charge is 2.10. The second kappa shape index (κ2) is 7.30. The Morgan fingerprint density at radius 3 is 2.71 bits per heavy atom. The Morgan fingerprint density at radius 2 is 2.12 bits per heavy atom. The van der Waals surface area contributed by atoms with Crippen molar-refractivity contribution in [3.05, 3.63) is 29.8 Å². The van der Waals surface area contributed by atoms with Crippen LogP contribution in [0, 0.1) is 11.8 Å². The van der Waals surface area contributed by atoms with E-state index in [1.54, 1.807) is 7.11 Å². The van der Waals surface area contributed by atoms with Crippen molar-refractivity contribution in [1.82, 2.24) is 0 Å². The molecule has 0 radical (unpaired) electrons. The second-order valence-corrected chi connectivity index (χ2v) is 4.75. The van der Waals surface area contributed by atoms with Crippen molar-refractivity contribution in [1.29, 1.82) is 0 Å². The number of benzene rings is 1. The average molecular weight is 236 g/mol. The lowest BCUT2D eigenvalue weighted by molar-refractivity contribution is 0.185. The maximum Gasteiger partial charge on any atom is 0.0713 e. The molecule has 1 unspecified atom stereocenters. The van der Waals surface area contributed by atoms with Gasteiger partial charge in [0.05, 0.1) is 6.61 Å². The normalized spacial score (nSPS) is 12.8. The predicted octanol–water partition coefficient (Wildman–Crippen LogP) is 2.48. The molecule has 0 aliphatic rings. The van der Waals surface area contributed by atoms with E-state index >= 15 is 0 Å². The summed E-state index contributed by atoms with van der Waals surface area (Å²) in [5.41, 5.74) is 8.08. The lowest BCUT2D eigenvalue weighted by Crippen LogP contribution is -2.27. The molecule has 3 nitrogen and oxygen atoms in total. The van der Waals surface area contributed by atoms with Crippen molar-refractivity contribution in [3.63, 3.8) is 0 Å². The zero-order chi connectivity index (χ0) is 12.7. The van der Waals surface area contributed by atoms with E-state index in [0.29, 0.717) is 18.4 Å². The van der Waals surface area contributed by atoms with Gasteiger partial charge in [0.2, 0.25) is 0 Å². The lowest BCUT2D eigenvalue weighted by Gasteiger charge is -2.20. The first-order chi connectivity index (χ1) is 8.17. The van der Waals surface area contributed by atoms with E-state index in [9.17, 15) is 0 Å². The highest BCUT2D eigenvalue weighted by molar-refractivity contribution is 5.45. The topological polar surface area (TPSA) is 47.3 Å². The first-order valence-corrected chi connectivity index (χ1v) is 6.19. The molecule has 0 aliphatic carbocycles. The number of hydrogen-bond acceptors (Lipinski definition) is 3. The molecule has 3 heteroatoms. The number of methoxy groups -OCH3 is 1. The molecule has 0 spiro atoms. The summed E-state index contributed by atoms with van der Waals surface area (Å²) in [5, 5.41) is 3.44. The molecular weight excluding hydrogens is 212 g/mol. The molecule has 0 bridgehead atoms. The number of nitrogens with one attached hydrogen (secondary N) is 1. The molecule has 0 saturated heterocycles. The molecule has 0 aromatic heterocycles. The van der Waals surface area contributed by atoms with Crippen molar-refractivity contribution in [3.8, 4) is 0 Å². The highest BCUT2D eigenvalue weighted by atomic mass is 16.5. The third-order valence-corrected chi connectivity index (χ3v) is 3.05. The van der Waals surface area contributed by atoms with Crippen LogP contribution in [0.4, 0.5) is 5.69 Å². The molecule has 1 rings (SSSR count). The van der Waals surface area contributed by atoms with Crippen LogP contribution in [-0.2, 0) is 11.3 Å². The number of ether oxygens (including phenoxy) is 1. The van der Waals surface area contributed by atoms with E-state index < -0.39 is 0 Å². The Bertz CT molecular complexity index is 326. The van der Waals surface area contributed by atoms with E-state index in [1.807, 2.05) is 6.07 Å². The van der Waals surface area contributed by atoms with Gasteiger partial charge in [0.25, 0.3) is 0 Å². The van der Waals surface area contributed by atoms with E-state index in [2.05, 4.69) is 37.4 Å². The van der Waals surface area contributed by atoms with Crippen LogP contribution in [0.25, 0.3) is 0 Å². The van der Waals surface area contributed by atoms with E-state index in [-0.39, 0.29) is 0 Å². The lowest BCUT2D eigenvalue weighted by atomic mass is 9.96. The van der Waals surface area contributed by atoms with Crippen LogP contribution in [0.2, 0.25) is 0 Å². The van der Waals surface area contributed by atoms with Gasteiger partial charge in [-0.25, -0.2) is 0 Å². The summed E-state index contributed by atoms with van der Waals surface area (Å²) in [7, 11) is 1.71. The van der Waals surface area contributed by atoms with E-state index in [1.165, 1.54) is 5.56 Å². The maximum absolute atomic E-state index is 5.76. The highest BCUT2D eigenvalue weighted by Crippen LogP contribution is 2.14. The zero-order valence-corrected chi connectivity index (χ0v) is 11.1. The van der Waals surface area contributed by atoms with E-state index in [0.717, 1.165) is 18.8 Å². The van der Waals surface area contributed by atoms with Crippen molar-refractivity contribution in [2.75, 3.05) is 25.5 Å². The Kier molecular flexibility index (Phi) is 6.01. The summed E-state index contributed by atoms with van der Waals surface area (Å²) in [6, 6.07) is 8.31. The van der Waals surface area contributed by atoms with Gasteiger partial charge in [0.15, 0.2) is 0 Å². The Morgan fingerprint density at radius 1 is 1.35 bits per heavy atom. The minimum Gasteiger partial charge on any atom is -0.385 e. The summed E-state index contributed by atoms with van der Waals surface area (Å²) in [6.45, 7) is 6.72. The number of rotatable bonds is 7. The molecule has 1 aromatic rings. The number of nitrogens with two attached hydrogens (primary N) is 1. The Labute approximate surface area is 104 Å². The molecule has 0 fully saturated rings. The van der Waals surface area contributed by atoms with Gasteiger partial charge in [-0.3, -0.25) is 0 Å². The summed E-state index contributed by atoms with van der Waals surface area (Å²) >= 11 is 0. The second-order valence-electron chi connectivity index (χ2n) is 4.75. The van der Waals surface area contributed by atoms with Gasteiger partial charge < -0.3 is 15.8 Å². The molecule has 0 saturated carbocycles. The summed E-state index contributed by atoms with van der Waals surface area (Å²) in [4.78, 5) is 0. The summed E-state index contributed by atoms with van der Waals surface area (Å²) in [6.07, 6.45) is 0. The first-order valence-electron chi connectivity index (χ1n) is 6.19. The van der Waals surface area contributed by atoms with Crippen LogP contribution in [0.1, 0.15) is 19.4 Å². The molecule has 0 aliphatic heterocycles. The molecular formula is C14H24N2O. The van der Waals surface area contributed by atoms with Crippen molar-refractivity contribution in [2.24, 2.45) is 17.6 Å². The molecule has 1 aromatic carbocycles. The fourth-order valence-corrected chi connectivity index (χ4v) is 1.78. The van der Waals surface area contributed by atoms with Crippen molar-refractivity contribution < 1.29 is 4.74 Å². The predicted molar refractivity (Wildman–Crippen MR) is 73.0 cm³/mol. The third-order valence-electron chi connectivity index (χ3n) is 3.05. The largest absolute Gasteiger partial charge is 0.385 e. The molecule has 0 heterocycles. The third kappa shape index (κ3) is 4.75. The fraction of sp³-hybridized carbons (Fsp3) is 0.571. The Balaban J connectivity index is 2.53. The van der Waals surface area contributed by atoms with Gasteiger partial charge in [0.1, 0.15) is 0 Å². The van der Waals surface area contributed by atoms with Crippen LogP contribution in [0.15, 0.2) is 24.3 Å². The number of hydrogen-bond donors (Lipinski definition) is 2. The first kappa shape index (κ1) is 14.0. The molecule has 17 heavy (non-hydrogen) atoms. The fourth-order valence-electron chi connectivity index (χ4n) is 1.78. The molecule has 96 valence electrons. The average Bonchev–Trinajstić information content (AvgIpc) is 2.30. The SMILES string of the molecule is COCc1cccc(NCC(CN)C(C)C)c1. The van der Waals surface area contributed by atoms with Gasteiger partial charge in [-0.2, -0.15) is 0 Å². The minimum absolute atomic E-state index is 0.515. The molecule has 1 atom stereocenters. The minimum atomic E-state index is 0.515. The van der Waals surface area contributed by atoms with Crippen LogP contribution in [0.5, 0.6) is 0 Å². The quantitative estimate of drug-likeness (QED) is 0.764. The van der Waals surface area contributed by atoms with Gasteiger partial charge in [0, 0.05) is 19.3 Å². The van der Waals surface area contributed by atoms with Gasteiger partial charge in [-0.15, -0.1) is 0 Å². The number of anilines is 1. The van der Waals surface area contributed by atoms with Crippen molar-refractivity contribution >= 4 is 5.69 Å². The standard InChI is InChI=1S/C14H24N2O/c1-11(2)13(8-15)9-16-14-6-4-5-12(7-14)10-17-3/h4-7,11,13,16H,8-10,15H2,1-3H3. The monoisotopic (exact) mass is 236 g/mol. The van der Waals surface area contributed by atoms with E-state index in [4.69, 9.17) is 10.5 Å². The van der Waals surface area contributed by atoms with Crippen LogP contribution in [0.3, 0.4) is 0 Å². The van der Waals surface area contributed by atoms with Crippen LogP contribution in [-0.4, -0.2) is 20.2 Å². The maximum atomic E-state index is 5.76. The molecule has 3 N–H and O–H groups in total. The Hall–Kier alpha value is -1.06. The van der Waals surface area contributed by atoms with Crippen LogP contribution >= 0.6 is 0 Å². The van der Waals surface area contributed by atoms with Gasteiger partial charge in [-0.1, -0.05) is 26.0 Å². The summed E-state index contributed by atoms with van der Waals surface area (Å²) in [5.74, 6) is 1.12. The van der Waals surface area contributed by atoms with Gasteiger partial charge >= 0.3 is 0 Å². The summed E-state index contributed by atoms with van der Waals surface area (Å²) < 4.78 is 5.12. The van der Waals surface area contributed by atoms with Crippen molar-refractivity contribution in [2.45, 2.75) is 20.5 Å². The van der Waals surface area contributed by atoms with Crippen LogP contribution < -0.4 is 11.1 Å². The smallest absolute Gasteiger partial charge is 0.0713 e. The molecule has 0 amide bonds. The zero-order valence-electron chi connectivity index (χ0n) is 11.1. The van der Waals surface area contributed by atoms with Gasteiger partial charge in [-0.05, 0) is 36.1 Å².